The molecular weight excluding hydrogens is 242 g/mol. The van der Waals surface area contributed by atoms with Gasteiger partial charge in [0.05, 0.1) is 9.95 Å². The molecular formula is C11H16ClN3O2. The van der Waals surface area contributed by atoms with Gasteiger partial charge in [0.25, 0.3) is 0 Å². The number of nitro groups is 1. The Kier molecular flexibility index (Phi) is 5.15. The Hall–Kier alpha value is -1.36. The third kappa shape index (κ3) is 4.56. The smallest absolute Gasteiger partial charge is 0.312 e. The van der Waals surface area contributed by atoms with Crippen molar-refractivity contribution in [3.63, 3.8) is 0 Å². The summed E-state index contributed by atoms with van der Waals surface area (Å²) >= 11 is 5.67. The molecule has 6 heteroatoms. The van der Waals surface area contributed by atoms with Crippen LogP contribution in [0.5, 0.6) is 0 Å². The first-order valence-corrected chi connectivity index (χ1v) is 5.92. The normalized spacial score (nSPS) is 10.6. The van der Waals surface area contributed by atoms with Crippen molar-refractivity contribution in [1.82, 2.24) is 4.98 Å². The van der Waals surface area contributed by atoms with E-state index in [4.69, 9.17) is 11.6 Å². The van der Waals surface area contributed by atoms with E-state index < -0.39 is 4.92 Å². The largest absolute Gasteiger partial charge is 0.364 e. The number of halogens is 1. The Morgan fingerprint density at radius 1 is 1.59 bits per heavy atom. The van der Waals surface area contributed by atoms with E-state index in [9.17, 15) is 10.1 Å². The van der Waals surface area contributed by atoms with Gasteiger partial charge < -0.3 is 5.32 Å². The molecule has 17 heavy (non-hydrogen) atoms. The van der Waals surface area contributed by atoms with Gasteiger partial charge >= 0.3 is 5.69 Å². The van der Waals surface area contributed by atoms with E-state index in [1.165, 1.54) is 12.3 Å². The van der Waals surface area contributed by atoms with E-state index in [-0.39, 0.29) is 16.5 Å². The highest BCUT2D eigenvalue weighted by Crippen LogP contribution is 2.24. The monoisotopic (exact) mass is 257 g/mol. The van der Waals surface area contributed by atoms with Crippen molar-refractivity contribution in [2.75, 3.05) is 11.9 Å². The number of pyridine rings is 1. The molecule has 0 saturated carbocycles. The molecule has 0 radical (unpaired) electrons. The number of aromatic nitrogens is 1. The maximum absolute atomic E-state index is 10.8. The third-order valence-corrected chi connectivity index (χ3v) is 2.49. The van der Waals surface area contributed by atoms with Crippen LogP contribution in [0.15, 0.2) is 12.3 Å². The minimum absolute atomic E-state index is 0.0814. The standard InChI is InChI=1S/C11H16ClN3O2/c1-8(2)4-3-5-13-11-10(15(16)17)6-9(12)7-14-11/h6-8H,3-5H2,1-2H3,(H,13,14). The van der Waals surface area contributed by atoms with Crippen molar-refractivity contribution in [3.05, 3.63) is 27.4 Å². The summed E-state index contributed by atoms with van der Waals surface area (Å²) in [6.07, 6.45) is 3.44. The molecule has 0 spiro atoms. The van der Waals surface area contributed by atoms with Crippen molar-refractivity contribution >= 4 is 23.1 Å². The van der Waals surface area contributed by atoms with Crippen LogP contribution < -0.4 is 5.32 Å². The van der Waals surface area contributed by atoms with Crippen molar-refractivity contribution in [1.29, 1.82) is 0 Å². The number of nitrogens with one attached hydrogen (secondary N) is 1. The summed E-state index contributed by atoms with van der Waals surface area (Å²) in [6, 6.07) is 1.30. The van der Waals surface area contributed by atoms with Gasteiger partial charge in [-0.1, -0.05) is 25.4 Å². The van der Waals surface area contributed by atoms with Crippen LogP contribution in [0, 0.1) is 16.0 Å². The zero-order valence-electron chi connectivity index (χ0n) is 9.94. The molecule has 0 fully saturated rings. The summed E-state index contributed by atoms with van der Waals surface area (Å²) in [5.41, 5.74) is -0.0814. The first-order chi connectivity index (χ1) is 8.00. The van der Waals surface area contributed by atoms with Gasteiger partial charge in [-0.2, -0.15) is 0 Å². The highest BCUT2D eigenvalue weighted by atomic mass is 35.5. The number of nitrogens with zero attached hydrogens (tertiary/aromatic N) is 2. The topological polar surface area (TPSA) is 68.1 Å². The van der Waals surface area contributed by atoms with Crippen LogP contribution in [0.25, 0.3) is 0 Å². The molecule has 0 bridgehead atoms. The van der Waals surface area contributed by atoms with Crippen molar-refractivity contribution < 1.29 is 4.92 Å². The van der Waals surface area contributed by atoms with Gasteiger partial charge in [0.15, 0.2) is 0 Å². The van der Waals surface area contributed by atoms with E-state index in [1.54, 1.807) is 0 Å². The molecule has 0 unspecified atom stereocenters. The average Bonchev–Trinajstić information content (AvgIpc) is 2.25. The Bertz CT molecular complexity index is 396. The van der Waals surface area contributed by atoms with Crippen LogP contribution >= 0.6 is 11.6 Å². The average molecular weight is 258 g/mol. The van der Waals surface area contributed by atoms with Crippen molar-refractivity contribution in [3.8, 4) is 0 Å². The van der Waals surface area contributed by atoms with Crippen molar-refractivity contribution in [2.45, 2.75) is 26.7 Å². The second kappa shape index (κ2) is 6.39. The van der Waals surface area contributed by atoms with Crippen LogP contribution in [0.1, 0.15) is 26.7 Å². The number of rotatable bonds is 6. The second-order valence-electron chi connectivity index (χ2n) is 4.24. The van der Waals surface area contributed by atoms with Gasteiger partial charge in [0.1, 0.15) is 0 Å². The van der Waals surface area contributed by atoms with E-state index in [0.29, 0.717) is 12.5 Å². The Morgan fingerprint density at radius 3 is 2.88 bits per heavy atom. The third-order valence-electron chi connectivity index (χ3n) is 2.28. The van der Waals surface area contributed by atoms with Crippen molar-refractivity contribution in [2.24, 2.45) is 5.92 Å². The van der Waals surface area contributed by atoms with Crippen LogP contribution in [0.2, 0.25) is 5.02 Å². The van der Waals surface area contributed by atoms with Gasteiger partial charge in [0.2, 0.25) is 5.82 Å². The summed E-state index contributed by atoms with van der Waals surface area (Å²) in [5, 5.41) is 14.0. The SMILES string of the molecule is CC(C)CCCNc1ncc(Cl)cc1[N+](=O)[O-]. The molecule has 5 nitrogen and oxygen atoms in total. The summed E-state index contributed by atoms with van der Waals surface area (Å²) in [5.74, 6) is 0.910. The molecule has 1 heterocycles. The highest BCUT2D eigenvalue weighted by Gasteiger charge is 2.15. The number of hydrogen-bond donors (Lipinski definition) is 1. The molecule has 1 N–H and O–H groups in total. The maximum atomic E-state index is 10.8. The predicted molar refractivity (Wildman–Crippen MR) is 68.5 cm³/mol. The minimum atomic E-state index is -0.482. The number of hydrogen-bond acceptors (Lipinski definition) is 4. The molecule has 1 rings (SSSR count). The molecule has 0 aromatic carbocycles. The van der Waals surface area contributed by atoms with E-state index in [2.05, 4.69) is 24.1 Å². The molecule has 0 aliphatic heterocycles. The lowest BCUT2D eigenvalue weighted by atomic mass is 10.1. The summed E-state index contributed by atoms with van der Waals surface area (Å²) in [6.45, 7) is 4.96. The van der Waals surface area contributed by atoms with E-state index in [0.717, 1.165) is 12.8 Å². The molecule has 94 valence electrons. The maximum Gasteiger partial charge on any atom is 0.312 e. The minimum Gasteiger partial charge on any atom is -0.364 e. The lowest BCUT2D eigenvalue weighted by Crippen LogP contribution is -2.07. The summed E-state index contributed by atoms with van der Waals surface area (Å²) < 4.78 is 0. The highest BCUT2D eigenvalue weighted by molar-refractivity contribution is 6.30. The van der Waals surface area contributed by atoms with E-state index >= 15 is 0 Å². The van der Waals surface area contributed by atoms with Gasteiger partial charge in [-0.05, 0) is 18.8 Å². The Balaban J connectivity index is 2.61. The van der Waals surface area contributed by atoms with Gasteiger partial charge in [-0.3, -0.25) is 10.1 Å². The molecule has 0 aliphatic rings. The van der Waals surface area contributed by atoms with Crippen LogP contribution in [-0.2, 0) is 0 Å². The molecule has 1 aromatic heterocycles. The fourth-order valence-corrected chi connectivity index (χ4v) is 1.57. The van der Waals surface area contributed by atoms with Crippen LogP contribution in [0.4, 0.5) is 11.5 Å². The second-order valence-corrected chi connectivity index (χ2v) is 4.68. The zero-order chi connectivity index (χ0) is 12.8. The first-order valence-electron chi connectivity index (χ1n) is 5.54. The summed E-state index contributed by atoms with van der Waals surface area (Å²) in [7, 11) is 0. The lowest BCUT2D eigenvalue weighted by Gasteiger charge is -2.07. The van der Waals surface area contributed by atoms with Gasteiger partial charge in [-0.15, -0.1) is 0 Å². The predicted octanol–water partition coefficient (Wildman–Crippen LogP) is 3.49. The Labute approximate surface area is 105 Å². The molecule has 1 aromatic rings. The van der Waals surface area contributed by atoms with Gasteiger partial charge in [0, 0.05) is 18.8 Å². The zero-order valence-corrected chi connectivity index (χ0v) is 10.7. The summed E-state index contributed by atoms with van der Waals surface area (Å²) in [4.78, 5) is 14.2. The number of anilines is 1. The Morgan fingerprint density at radius 2 is 2.29 bits per heavy atom. The van der Waals surface area contributed by atoms with E-state index in [1.807, 2.05) is 0 Å². The molecule has 0 atom stereocenters. The fraction of sp³-hybridized carbons (Fsp3) is 0.545. The van der Waals surface area contributed by atoms with Gasteiger partial charge in [-0.25, -0.2) is 4.98 Å². The first kappa shape index (κ1) is 13.7. The molecule has 0 amide bonds. The fourth-order valence-electron chi connectivity index (χ4n) is 1.42. The quantitative estimate of drug-likeness (QED) is 0.481. The lowest BCUT2D eigenvalue weighted by molar-refractivity contribution is -0.384. The van der Waals surface area contributed by atoms with Crippen LogP contribution in [-0.4, -0.2) is 16.5 Å². The molecule has 0 saturated heterocycles. The van der Waals surface area contributed by atoms with Crippen LogP contribution in [0.3, 0.4) is 0 Å². The molecule has 0 aliphatic carbocycles.